The van der Waals surface area contributed by atoms with Crippen molar-refractivity contribution in [2.75, 3.05) is 0 Å². The Bertz CT molecular complexity index is 906. The van der Waals surface area contributed by atoms with Crippen molar-refractivity contribution in [3.8, 4) is 11.1 Å². The molecule has 0 unspecified atom stereocenters. The summed E-state index contributed by atoms with van der Waals surface area (Å²) >= 11 is 1.32. The Labute approximate surface area is 166 Å². The molecule has 0 aliphatic rings. The summed E-state index contributed by atoms with van der Waals surface area (Å²) in [5.74, 6) is 0.0377. The highest BCUT2D eigenvalue weighted by Gasteiger charge is 2.27. The Morgan fingerprint density at radius 3 is 2.26 bits per heavy atom. The topological polar surface area (TPSA) is 89.3 Å². The van der Waals surface area contributed by atoms with Gasteiger partial charge in [-0.15, -0.1) is 11.3 Å². The summed E-state index contributed by atoms with van der Waals surface area (Å²) < 4.78 is 29.1. The van der Waals surface area contributed by atoms with E-state index in [1.807, 2.05) is 51.1 Å². The third kappa shape index (κ3) is 6.16. The van der Waals surface area contributed by atoms with E-state index < -0.39 is 21.5 Å². The van der Waals surface area contributed by atoms with Gasteiger partial charge in [-0.3, -0.25) is 4.79 Å². The Hall–Kier alpha value is -1.70. The number of carbonyl (C=O) groups excluding carboxylic acids is 1. The molecule has 2 rings (SSSR count). The molecule has 0 bridgehead atoms. The molecule has 2 aromatic rings. The van der Waals surface area contributed by atoms with E-state index in [4.69, 9.17) is 5.73 Å². The number of thiophene rings is 1. The Kier molecular flexibility index (Phi) is 6.50. The fourth-order valence-electron chi connectivity index (χ4n) is 2.78. The first kappa shape index (κ1) is 21.6. The van der Waals surface area contributed by atoms with E-state index in [-0.39, 0.29) is 6.42 Å². The minimum Gasteiger partial charge on any atom is -0.369 e. The molecule has 0 saturated carbocycles. The first-order chi connectivity index (χ1) is 12.4. The number of sulfonamides is 1. The molecular formula is C20H28N2O3S2. The molecule has 0 saturated heterocycles. The highest BCUT2D eigenvalue weighted by atomic mass is 32.2. The van der Waals surface area contributed by atoms with E-state index in [0.29, 0.717) is 15.7 Å². The lowest BCUT2D eigenvalue weighted by atomic mass is 10.0. The minimum atomic E-state index is -3.65. The van der Waals surface area contributed by atoms with Gasteiger partial charge in [-0.2, -0.15) is 0 Å². The molecule has 5 nitrogen and oxygen atoms in total. The molecule has 1 amide bonds. The summed E-state index contributed by atoms with van der Waals surface area (Å²) in [5.41, 5.74) is 6.98. The highest BCUT2D eigenvalue weighted by molar-refractivity contribution is 7.91. The zero-order valence-corrected chi connectivity index (χ0v) is 18.1. The summed E-state index contributed by atoms with van der Waals surface area (Å²) in [6.07, 6.45) is 0.988. The van der Waals surface area contributed by atoms with Crippen LogP contribution in [-0.4, -0.2) is 19.9 Å². The molecule has 3 N–H and O–H groups in total. The van der Waals surface area contributed by atoms with Gasteiger partial charge in [-0.1, -0.05) is 38.1 Å². The number of nitrogens with one attached hydrogen (secondary N) is 1. The number of hydrogen-bond acceptors (Lipinski definition) is 4. The Morgan fingerprint density at radius 2 is 1.78 bits per heavy atom. The lowest BCUT2D eigenvalue weighted by molar-refractivity contribution is -0.117. The second-order valence-corrected chi connectivity index (χ2v) is 11.2. The first-order valence-electron chi connectivity index (χ1n) is 8.91. The van der Waals surface area contributed by atoms with Crippen LogP contribution in [0, 0.1) is 5.92 Å². The van der Waals surface area contributed by atoms with Gasteiger partial charge in [-0.05, 0) is 50.3 Å². The van der Waals surface area contributed by atoms with Crippen molar-refractivity contribution in [2.24, 2.45) is 11.7 Å². The van der Waals surface area contributed by atoms with Gasteiger partial charge < -0.3 is 5.73 Å². The lowest BCUT2D eigenvalue weighted by Gasteiger charge is -2.20. The Balaban J connectivity index is 2.50. The van der Waals surface area contributed by atoms with Crippen LogP contribution < -0.4 is 10.5 Å². The minimum absolute atomic E-state index is 0.166. The molecule has 148 valence electrons. The number of primary amides is 1. The molecule has 0 spiro atoms. The van der Waals surface area contributed by atoms with E-state index in [0.717, 1.165) is 22.4 Å². The van der Waals surface area contributed by atoms with Crippen LogP contribution in [0.5, 0.6) is 0 Å². The van der Waals surface area contributed by atoms with Crippen LogP contribution >= 0.6 is 11.3 Å². The van der Waals surface area contributed by atoms with E-state index in [9.17, 15) is 13.2 Å². The standard InChI is InChI=1S/C20H28N2O3S2/c1-13(2)10-16-12-17(15-8-6-14(7-9-15)11-18(21)23)19(26-16)27(24,25)22-20(3,4)5/h6-9,12-13,22H,10-11H2,1-5H3,(H2,21,23). The number of benzene rings is 1. The molecule has 1 heterocycles. The third-order valence-corrected chi connectivity index (χ3v) is 7.14. The molecule has 0 radical (unpaired) electrons. The fourth-order valence-corrected chi connectivity index (χ4v) is 6.15. The normalized spacial score (nSPS) is 12.5. The summed E-state index contributed by atoms with van der Waals surface area (Å²) in [4.78, 5) is 12.1. The average molecular weight is 409 g/mol. The molecule has 0 aliphatic carbocycles. The molecule has 0 fully saturated rings. The van der Waals surface area contributed by atoms with Crippen molar-refractivity contribution in [3.63, 3.8) is 0 Å². The number of hydrogen-bond donors (Lipinski definition) is 2. The molecule has 7 heteroatoms. The van der Waals surface area contributed by atoms with Crippen LogP contribution in [0.25, 0.3) is 11.1 Å². The summed E-state index contributed by atoms with van der Waals surface area (Å²) in [7, 11) is -3.65. The van der Waals surface area contributed by atoms with Gasteiger partial charge >= 0.3 is 0 Å². The second kappa shape index (κ2) is 8.12. The molecule has 1 aromatic heterocycles. The lowest BCUT2D eigenvalue weighted by Crippen LogP contribution is -2.40. The van der Waals surface area contributed by atoms with Crippen molar-refractivity contribution in [1.82, 2.24) is 4.72 Å². The maximum Gasteiger partial charge on any atom is 0.251 e. The first-order valence-corrected chi connectivity index (χ1v) is 11.2. The molecule has 0 aliphatic heterocycles. The predicted octanol–water partition coefficient (Wildman–Crippen LogP) is 3.72. The quantitative estimate of drug-likeness (QED) is 0.732. The van der Waals surface area contributed by atoms with E-state index in [2.05, 4.69) is 18.6 Å². The van der Waals surface area contributed by atoms with Crippen LogP contribution in [0.15, 0.2) is 34.5 Å². The zero-order valence-electron chi connectivity index (χ0n) is 16.5. The number of nitrogens with two attached hydrogens (primary N) is 1. The third-order valence-electron chi connectivity index (χ3n) is 3.69. The highest BCUT2D eigenvalue weighted by Crippen LogP contribution is 2.36. The van der Waals surface area contributed by atoms with E-state index in [1.165, 1.54) is 11.3 Å². The van der Waals surface area contributed by atoms with Crippen molar-refractivity contribution < 1.29 is 13.2 Å². The predicted molar refractivity (Wildman–Crippen MR) is 111 cm³/mol. The summed E-state index contributed by atoms with van der Waals surface area (Å²) in [6, 6.07) is 9.27. The van der Waals surface area contributed by atoms with Crippen molar-refractivity contribution in [2.45, 2.75) is 57.2 Å². The van der Waals surface area contributed by atoms with Gasteiger partial charge in [0.15, 0.2) is 0 Å². The van der Waals surface area contributed by atoms with Gasteiger partial charge in [-0.25, -0.2) is 13.1 Å². The number of carbonyl (C=O) groups is 1. The zero-order chi connectivity index (χ0) is 20.4. The number of rotatable bonds is 7. The van der Waals surface area contributed by atoms with Crippen molar-refractivity contribution in [3.05, 3.63) is 40.8 Å². The van der Waals surface area contributed by atoms with Gasteiger partial charge in [0.25, 0.3) is 10.0 Å². The van der Waals surface area contributed by atoms with Crippen molar-refractivity contribution >= 4 is 27.3 Å². The van der Waals surface area contributed by atoms with Crippen LogP contribution in [0.2, 0.25) is 0 Å². The molecule has 27 heavy (non-hydrogen) atoms. The average Bonchev–Trinajstić information content (AvgIpc) is 2.89. The molecule has 0 atom stereocenters. The second-order valence-electron chi connectivity index (χ2n) is 8.21. The van der Waals surface area contributed by atoms with Gasteiger partial charge in [0, 0.05) is 16.0 Å². The number of amides is 1. The maximum atomic E-state index is 13.0. The SMILES string of the molecule is CC(C)Cc1cc(-c2ccc(CC(N)=O)cc2)c(S(=O)(=O)NC(C)(C)C)s1. The Morgan fingerprint density at radius 1 is 1.19 bits per heavy atom. The van der Waals surface area contributed by atoms with Gasteiger partial charge in [0.2, 0.25) is 5.91 Å². The monoisotopic (exact) mass is 408 g/mol. The van der Waals surface area contributed by atoms with Gasteiger partial charge in [0.05, 0.1) is 6.42 Å². The van der Waals surface area contributed by atoms with Crippen LogP contribution in [0.1, 0.15) is 45.1 Å². The van der Waals surface area contributed by atoms with Crippen LogP contribution in [-0.2, 0) is 27.7 Å². The smallest absolute Gasteiger partial charge is 0.251 e. The fraction of sp³-hybridized carbons (Fsp3) is 0.450. The van der Waals surface area contributed by atoms with Crippen molar-refractivity contribution in [1.29, 1.82) is 0 Å². The largest absolute Gasteiger partial charge is 0.369 e. The summed E-state index contributed by atoms with van der Waals surface area (Å²) in [6.45, 7) is 9.70. The molecule has 1 aromatic carbocycles. The van der Waals surface area contributed by atoms with Gasteiger partial charge in [0.1, 0.15) is 4.21 Å². The summed E-state index contributed by atoms with van der Waals surface area (Å²) in [5, 5.41) is 0. The van der Waals surface area contributed by atoms with E-state index in [1.54, 1.807) is 0 Å². The maximum absolute atomic E-state index is 13.0. The molecular weight excluding hydrogens is 380 g/mol. The van der Waals surface area contributed by atoms with Crippen LogP contribution in [0.4, 0.5) is 0 Å². The van der Waals surface area contributed by atoms with Crippen LogP contribution in [0.3, 0.4) is 0 Å². The van der Waals surface area contributed by atoms with E-state index >= 15 is 0 Å².